The molecule has 0 atom stereocenters. The van der Waals surface area contributed by atoms with E-state index in [0.29, 0.717) is 0 Å². The summed E-state index contributed by atoms with van der Waals surface area (Å²) in [4.78, 5) is 0. The van der Waals surface area contributed by atoms with Crippen molar-refractivity contribution in [3.8, 4) is 0 Å². The Labute approximate surface area is 64.1 Å². The van der Waals surface area contributed by atoms with Gasteiger partial charge in [-0.3, -0.25) is 0 Å². The van der Waals surface area contributed by atoms with Gasteiger partial charge >= 0.3 is 0 Å². The first-order valence-electron chi connectivity index (χ1n) is 3.73. The maximum atomic E-state index is 7.89. The van der Waals surface area contributed by atoms with E-state index in [4.69, 9.17) is 5.11 Å². The standard InChI is InChI=1S/C5H10.C4H8O/c1-3-5-4-2;1-2-3-4-5/h3H,1,4-5H2,2H3;3-5H,2H2,1H3/b;4-3+. The van der Waals surface area contributed by atoms with Gasteiger partial charge in [0.05, 0.1) is 6.26 Å². The highest BCUT2D eigenvalue weighted by Crippen LogP contribution is 1.82. The molecule has 10 heavy (non-hydrogen) atoms. The number of hydrogen-bond donors (Lipinski definition) is 1. The van der Waals surface area contributed by atoms with Crippen molar-refractivity contribution in [3.05, 3.63) is 25.0 Å². The maximum Gasteiger partial charge on any atom is 0.0751 e. The zero-order valence-corrected chi connectivity index (χ0v) is 7.01. The molecule has 0 rings (SSSR count). The van der Waals surface area contributed by atoms with Crippen LogP contribution in [-0.4, -0.2) is 5.11 Å². The number of unbranched alkanes of at least 4 members (excludes halogenated alkanes) is 1. The van der Waals surface area contributed by atoms with Gasteiger partial charge in [0.2, 0.25) is 0 Å². The highest BCUT2D eigenvalue weighted by Gasteiger charge is 1.61. The second-order valence-electron chi connectivity index (χ2n) is 1.87. The molecule has 0 aromatic heterocycles. The normalized spacial score (nSPS) is 8.60. The van der Waals surface area contributed by atoms with Crippen LogP contribution in [0, 0.1) is 0 Å². The summed E-state index contributed by atoms with van der Waals surface area (Å²) < 4.78 is 0. The van der Waals surface area contributed by atoms with Crippen molar-refractivity contribution in [2.45, 2.75) is 33.1 Å². The van der Waals surface area contributed by atoms with Crippen LogP contribution >= 0.6 is 0 Å². The average molecular weight is 142 g/mol. The van der Waals surface area contributed by atoms with Crippen LogP contribution in [0.2, 0.25) is 0 Å². The van der Waals surface area contributed by atoms with Gasteiger partial charge in [-0.25, -0.2) is 0 Å². The number of rotatable bonds is 3. The van der Waals surface area contributed by atoms with E-state index in [1.807, 2.05) is 13.0 Å². The number of allylic oxidation sites excluding steroid dienone is 2. The Balaban J connectivity index is 0. The molecule has 60 valence electrons. The van der Waals surface area contributed by atoms with Crippen molar-refractivity contribution in [1.82, 2.24) is 0 Å². The van der Waals surface area contributed by atoms with Gasteiger partial charge in [0.15, 0.2) is 0 Å². The van der Waals surface area contributed by atoms with Crippen LogP contribution in [0.1, 0.15) is 33.1 Å². The lowest BCUT2D eigenvalue weighted by Crippen LogP contribution is -1.52. The first-order valence-corrected chi connectivity index (χ1v) is 3.73. The van der Waals surface area contributed by atoms with E-state index in [1.165, 1.54) is 6.42 Å². The topological polar surface area (TPSA) is 20.2 Å². The third-order valence-electron chi connectivity index (χ3n) is 0.834. The predicted molar refractivity (Wildman–Crippen MR) is 47.2 cm³/mol. The van der Waals surface area contributed by atoms with E-state index >= 15 is 0 Å². The van der Waals surface area contributed by atoms with E-state index in [0.717, 1.165) is 19.1 Å². The molecule has 1 heteroatoms. The summed E-state index contributed by atoms with van der Waals surface area (Å²) >= 11 is 0. The fraction of sp³-hybridized carbons (Fsp3) is 0.556. The molecule has 0 amide bonds. The number of aliphatic hydroxyl groups excluding tert-OH is 1. The molecule has 0 aliphatic carbocycles. The van der Waals surface area contributed by atoms with E-state index in [2.05, 4.69) is 13.5 Å². The van der Waals surface area contributed by atoms with Crippen LogP contribution in [-0.2, 0) is 0 Å². The van der Waals surface area contributed by atoms with Gasteiger partial charge in [-0.05, 0) is 12.8 Å². The van der Waals surface area contributed by atoms with Gasteiger partial charge in [-0.15, -0.1) is 6.58 Å². The molecular weight excluding hydrogens is 124 g/mol. The summed E-state index contributed by atoms with van der Waals surface area (Å²) in [5.41, 5.74) is 0. The SMILES string of the molecule is C=CCCC.CC/C=C/O. The Morgan fingerprint density at radius 1 is 1.40 bits per heavy atom. The summed E-state index contributed by atoms with van der Waals surface area (Å²) in [6, 6.07) is 0. The Bertz CT molecular complexity index is 74.8. The minimum atomic E-state index is 0.913. The average Bonchev–Trinajstić information content (AvgIpc) is 1.93. The zero-order valence-electron chi connectivity index (χ0n) is 7.01. The highest BCUT2D eigenvalue weighted by atomic mass is 16.2. The Morgan fingerprint density at radius 3 is 2.00 bits per heavy atom. The van der Waals surface area contributed by atoms with E-state index < -0.39 is 0 Å². The highest BCUT2D eigenvalue weighted by molar-refractivity contribution is 4.67. The van der Waals surface area contributed by atoms with Crippen LogP contribution in [0.4, 0.5) is 0 Å². The zero-order chi connectivity index (χ0) is 8.24. The summed E-state index contributed by atoms with van der Waals surface area (Å²) in [6.45, 7) is 7.66. The van der Waals surface area contributed by atoms with Gasteiger partial charge in [-0.1, -0.05) is 32.4 Å². The summed E-state index contributed by atoms with van der Waals surface area (Å²) in [6.07, 6.45) is 7.96. The number of hydrogen-bond acceptors (Lipinski definition) is 1. The second-order valence-corrected chi connectivity index (χ2v) is 1.87. The second kappa shape index (κ2) is 15.7. The minimum absolute atomic E-state index is 0.913. The fourth-order valence-electron chi connectivity index (χ4n) is 0.310. The van der Waals surface area contributed by atoms with E-state index in [9.17, 15) is 0 Å². The van der Waals surface area contributed by atoms with Crippen molar-refractivity contribution in [3.63, 3.8) is 0 Å². The monoisotopic (exact) mass is 142 g/mol. The first-order chi connectivity index (χ1) is 4.83. The Kier molecular flexibility index (Phi) is 18.9. The lowest BCUT2D eigenvalue weighted by Gasteiger charge is -1.72. The molecule has 0 fully saturated rings. The molecule has 0 aliphatic rings. The Morgan fingerprint density at radius 2 is 2.00 bits per heavy atom. The van der Waals surface area contributed by atoms with Crippen LogP contribution in [0.3, 0.4) is 0 Å². The van der Waals surface area contributed by atoms with Gasteiger partial charge < -0.3 is 5.11 Å². The number of aliphatic hydroxyl groups is 1. The maximum absolute atomic E-state index is 7.89. The first kappa shape index (κ1) is 12.0. The van der Waals surface area contributed by atoms with Gasteiger partial charge in [0.1, 0.15) is 0 Å². The largest absolute Gasteiger partial charge is 0.516 e. The lowest BCUT2D eigenvalue weighted by molar-refractivity contribution is 0.471. The molecule has 0 radical (unpaired) electrons. The molecule has 0 aromatic rings. The van der Waals surface area contributed by atoms with Crippen molar-refractivity contribution in [2.24, 2.45) is 0 Å². The molecule has 0 spiro atoms. The van der Waals surface area contributed by atoms with Gasteiger partial charge in [0.25, 0.3) is 0 Å². The van der Waals surface area contributed by atoms with Crippen molar-refractivity contribution >= 4 is 0 Å². The van der Waals surface area contributed by atoms with Crippen molar-refractivity contribution < 1.29 is 5.11 Å². The van der Waals surface area contributed by atoms with Gasteiger partial charge in [-0.2, -0.15) is 0 Å². The quantitative estimate of drug-likeness (QED) is 0.472. The minimum Gasteiger partial charge on any atom is -0.516 e. The smallest absolute Gasteiger partial charge is 0.0751 e. The summed E-state index contributed by atoms with van der Waals surface area (Å²) in [5.74, 6) is 0. The summed E-state index contributed by atoms with van der Waals surface area (Å²) in [7, 11) is 0. The molecule has 0 aromatic carbocycles. The molecular formula is C9H18O. The van der Waals surface area contributed by atoms with Gasteiger partial charge in [0, 0.05) is 0 Å². The van der Waals surface area contributed by atoms with Crippen molar-refractivity contribution in [1.29, 1.82) is 0 Å². The molecule has 0 unspecified atom stereocenters. The van der Waals surface area contributed by atoms with Crippen LogP contribution in [0.15, 0.2) is 25.0 Å². The molecule has 1 nitrogen and oxygen atoms in total. The molecule has 0 saturated heterocycles. The molecule has 1 N–H and O–H groups in total. The molecule has 0 aliphatic heterocycles. The third-order valence-corrected chi connectivity index (χ3v) is 0.834. The molecule has 0 saturated carbocycles. The van der Waals surface area contributed by atoms with Crippen molar-refractivity contribution in [2.75, 3.05) is 0 Å². The van der Waals surface area contributed by atoms with E-state index in [1.54, 1.807) is 6.08 Å². The van der Waals surface area contributed by atoms with Crippen LogP contribution < -0.4 is 0 Å². The summed E-state index contributed by atoms with van der Waals surface area (Å²) in [5, 5.41) is 7.89. The lowest BCUT2D eigenvalue weighted by atomic mass is 10.3. The third kappa shape index (κ3) is 26.7. The molecule has 0 heterocycles. The molecule has 0 bridgehead atoms. The van der Waals surface area contributed by atoms with Crippen LogP contribution in [0.25, 0.3) is 0 Å². The van der Waals surface area contributed by atoms with E-state index in [-0.39, 0.29) is 0 Å². The predicted octanol–water partition coefficient (Wildman–Crippen LogP) is 3.44. The fourth-order valence-corrected chi connectivity index (χ4v) is 0.310. The Hall–Kier alpha value is -0.720. The van der Waals surface area contributed by atoms with Crippen LogP contribution in [0.5, 0.6) is 0 Å².